The molecule has 1 aliphatic carbocycles. The summed E-state index contributed by atoms with van der Waals surface area (Å²) in [6.07, 6.45) is 1.17. The number of rotatable bonds is 1. The molecule has 0 spiro atoms. The Morgan fingerprint density at radius 2 is 2.04 bits per heavy atom. The Kier molecular flexibility index (Phi) is 5.65. The second-order valence-electron chi connectivity index (χ2n) is 6.88. The highest BCUT2D eigenvalue weighted by molar-refractivity contribution is 5.71. The van der Waals surface area contributed by atoms with E-state index < -0.39 is 12.1 Å². The van der Waals surface area contributed by atoms with Crippen LogP contribution in [0.25, 0.3) is 0 Å². The van der Waals surface area contributed by atoms with Crippen LogP contribution in [0.5, 0.6) is 5.75 Å². The highest BCUT2D eigenvalue weighted by Crippen LogP contribution is 2.44. The molecule has 5 nitrogen and oxygen atoms in total. The van der Waals surface area contributed by atoms with Crippen molar-refractivity contribution in [2.24, 2.45) is 11.8 Å². The fourth-order valence-electron chi connectivity index (χ4n) is 3.69. The number of fused-ring (bicyclic) bond motifs is 4. The second-order valence-corrected chi connectivity index (χ2v) is 6.88. The summed E-state index contributed by atoms with van der Waals surface area (Å²) in [4.78, 5) is 11.9. The SMILES string of the molecule is CC(O)C(=O)O.C[C@@H]1[C@H]2Cc3ccc(O)cc3[C@H]1CCN(C)C2. The molecule has 128 valence electrons. The molecular weight excluding hydrogens is 294 g/mol. The van der Waals surface area contributed by atoms with Crippen molar-refractivity contribution < 1.29 is 20.1 Å². The standard InChI is InChI=1S/C15H21NO.C3H6O3/c1-10-12-7-11-3-4-13(17)8-15(11)14(10)5-6-16(2)9-12;1-2(4)3(5)6/h3-4,8,10,12,14,17H,5-7,9H2,1-2H3;2,4H,1H3,(H,5,6)/t10-,12+,14+;/m1./s1. The molecule has 0 radical (unpaired) electrons. The van der Waals surface area contributed by atoms with Crippen LogP contribution in [0.15, 0.2) is 18.2 Å². The van der Waals surface area contributed by atoms with Crippen LogP contribution in [0.1, 0.15) is 37.3 Å². The minimum Gasteiger partial charge on any atom is -0.508 e. The topological polar surface area (TPSA) is 81.0 Å². The van der Waals surface area contributed by atoms with E-state index in [1.165, 1.54) is 44.0 Å². The monoisotopic (exact) mass is 321 g/mol. The molecule has 1 saturated heterocycles. The minimum absolute atomic E-state index is 0.423. The van der Waals surface area contributed by atoms with Gasteiger partial charge in [-0.1, -0.05) is 13.0 Å². The highest BCUT2D eigenvalue weighted by atomic mass is 16.4. The molecule has 1 unspecified atom stereocenters. The number of phenolic OH excluding ortho intramolecular Hbond substituents is 1. The zero-order valence-corrected chi connectivity index (χ0v) is 14.1. The third-order valence-electron chi connectivity index (χ3n) is 5.11. The molecule has 23 heavy (non-hydrogen) atoms. The molecule has 4 atom stereocenters. The average molecular weight is 321 g/mol. The van der Waals surface area contributed by atoms with Gasteiger partial charge in [-0.25, -0.2) is 4.79 Å². The Balaban J connectivity index is 0.000000277. The van der Waals surface area contributed by atoms with Crippen LogP contribution in [0.4, 0.5) is 0 Å². The number of hydrogen-bond acceptors (Lipinski definition) is 4. The zero-order valence-electron chi connectivity index (χ0n) is 14.1. The number of carboxylic acids is 1. The lowest BCUT2D eigenvalue weighted by atomic mass is 9.69. The number of likely N-dealkylation sites (tertiary alicyclic amines) is 1. The van der Waals surface area contributed by atoms with Gasteiger partial charge in [0.05, 0.1) is 0 Å². The van der Waals surface area contributed by atoms with Crippen molar-refractivity contribution in [3.05, 3.63) is 29.3 Å². The minimum atomic E-state index is -1.23. The van der Waals surface area contributed by atoms with Gasteiger partial charge in [0.25, 0.3) is 0 Å². The van der Waals surface area contributed by atoms with Crippen LogP contribution < -0.4 is 0 Å². The number of benzene rings is 1. The zero-order chi connectivity index (χ0) is 17.1. The molecule has 0 saturated carbocycles. The van der Waals surface area contributed by atoms with Crippen molar-refractivity contribution in [1.29, 1.82) is 0 Å². The van der Waals surface area contributed by atoms with Crippen molar-refractivity contribution in [2.45, 2.75) is 38.7 Å². The smallest absolute Gasteiger partial charge is 0.332 e. The maximum Gasteiger partial charge on any atom is 0.332 e. The summed E-state index contributed by atoms with van der Waals surface area (Å²) in [7, 11) is 2.23. The summed E-state index contributed by atoms with van der Waals surface area (Å²) < 4.78 is 0. The molecule has 3 N–H and O–H groups in total. The summed E-state index contributed by atoms with van der Waals surface area (Å²) in [6, 6.07) is 5.96. The van der Waals surface area contributed by atoms with Crippen molar-refractivity contribution in [1.82, 2.24) is 4.90 Å². The molecule has 0 amide bonds. The number of aliphatic hydroxyl groups excluding tert-OH is 1. The van der Waals surface area contributed by atoms with E-state index in [1.807, 2.05) is 12.1 Å². The number of phenols is 1. The average Bonchev–Trinajstić information content (AvgIpc) is 2.56. The molecule has 1 heterocycles. The van der Waals surface area contributed by atoms with Crippen LogP contribution >= 0.6 is 0 Å². The predicted octanol–water partition coefficient (Wildman–Crippen LogP) is 2.07. The number of aliphatic carboxylic acids is 1. The van der Waals surface area contributed by atoms with E-state index in [1.54, 1.807) is 0 Å². The predicted molar refractivity (Wildman–Crippen MR) is 88.6 cm³/mol. The fourth-order valence-corrected chi connectivity index (χ4v) is 3.69. The first-order chi connectivity index (χ1) is 10.8. The van der Waals surface area contributed by atoms with E-state index in [4.69, 9.17) is 10.2 Å². The number of nitrogens with zero attached hydrogens (tertiary/aromatic N) is 1. The van der Waals surface area contributed by atoms with Gasteiger partial charge in [-0.2, -0.15) is 0 Å². The molecule has 1 aliphatic heterocycles. The Hall–Kier alpha value is -1.59. The normalized spacial score (nSPS) is 27.9. The highest BCUT2D eigenvalue weighted by Gasteiger charge is 2.36. The van der Waals surface area contributed by atoms with E-state index in [9.17, 15) is 9.90 Å². The Bertz CT molecular complexity index is 558. The Morgan fingerprint density at radius 1 is 1.39 bits per heavy atom. The van der Waals surface area contributed by atoms with Gasteiger partial charge in [-0.3, -0.25) is 0 Å². The third kappa shape index (κ3) is 4.24. The van der Waals surface area contributed by atoms with Gasteiger partial charge in [0.15, 0.2) is 0 Å². The lowest BCUT2D eigenvalue weighted by Gasteiger charge is -2.36. The summed E-state index contributed by atoms with van der Waals surface area (Å²) in [5.74, 6) is 1.40. The molecule has 2 aliphatic rings. The van der Waals surface area contributed by atoms with Crippen LogP contribution in [-0.4, -0.2) is 52.4 Å². The van der Waals surface area contributed by atoms with Gasteiger partial charge in [-0.15, -0.1) is 0 Å². The van der Waals surface area contributed by atoms with Crippen LogP contribution in [0.2, 0.25) is 0 Å². The molecule has 1 fully saturated rings. The van der Waals surface area contributed by atoms with Crippen LogP contribution in [0.3, 0.4) is 0 Å². The number of aliphatic hydroxyl groups is 1. The first-order valence-corrected chi connectivity index (χ1v) is 8.20. The molecular formula is C18H27NO4. The summed E-state index contributed by atoms with van der Waals surface area (Å²) >= 11 is 0. The molecule has 2 bridgehead atoms. The molecule has 3 rings (SSSR count). The Labute approximate surface area is 137 Å². The lowest BCUT2D eigenvalue weighted by Crippen LogP contribution is -2.31. The van der Waals surface area contributed by atoms with Gasteiger partial charge in [-0.05, 0) is 74.4 Å². The number of carbonyl (C=O) groups is 1. The first-order valence-electron chi connectivity index (χ1n) is 8.20. The van der Waals surface area contributed by atoms with Gasteiger partial charge in [0.1, 0.15) is 11.9 Å². The van der Waals surface area contributed by atoms with E-state index in [2.05, 4.69) is 24.9 Å². The van der Waals surface area contributed by atoms with Crippen molar-refractivity contribution >= 4 is 5.97 Å². The lowest BCUT2D eigenvalue weighted by molar-refractivity contribution is -0.145. The Morgan fingerprint density at radius 3 is 2.65 bits per heavy atom. The molecule has 0 aromatic heterocycles. The molecule has 5 heteroatoms. The van der Waals surface area contributed by atoms with E-state index in [0.717, 1.165) is 11.8 Å². The van der Waals surface area contributed by atoms with Crippen molar-refractivity contribution in [3.8, 4) is 5.75 Å². The van der Waals surface area contributed by atoms with Crippen LogP contribution in [0, 0.1) is 11.8 Å². The largest absolute Gasteiger partial charge is 0.508 e. The van der Waals surface area contributed by atoms with Gasteiger partial charge >= 0.3 is 5.97 Å². The maximum atomic E-state index is 9.68. The van der Waals surface area contributed by atoms with Gasteiger partial charge in [0.2, 0.25) is 0 Å². The van der Waals surface area contributed by atoms with E-state index >= 15 is 0 Å². The number of carboxylic acid groups (broad SMARTS) is 1. The van der Waals surface area contributed by atoms with Gasteiger partial charge in [0, 0.05) is 6.54 Å². The molecule has 1 aromatic rings. The maximum absolute atomic E-state index is 9.68. The second kappa shape index (κ2) is 7.32. The third-order valence-corrected chi connectivity index (χ3v) is 5.11. The number of hydrogen-bond donors (Lipinski definition) is 3. The number of aromatic hydroxyl groups is 1. The summed E-state index contributed by atoms with van der Waals surface area (Å²) in [5, 5.41) is 25.5. The van der Waals surface area contributed by atoms with E-state index in [-0.39, 0.29) is 0 Å². The van der Waals surface area contributed by atoms with Crippen molar-refractivity contribution in [2.75, 3.05) is 20.1 Å². The molecule has 1 aromatic carbocycles. The van der Waals surface area contributed by atoms with Gasteiger partial charge < -0.3 is 20.2 Å². The first kappa shape index (κ1) is 17.8. The summed E-state index contributed by atoms with van der Waals surface area (Å²) in [6.45, 7) is 5.99. The quantitative estimate of drug-likeness (QED) is 0.738. The van der Waals surface area contributed by atoms with E-state index in [0.29, 0.717) is 11.7 Å². The fraction of sp³-hybridized carbons (Fsp3) is 0.611. The van der Waals surface area contributed by atoms with Crippen molar-refractivity contribution in [3.63, 3.8) is 0 Å². The van der Waals surface area contributed by atoms with Crippen LogP contribution in [-0.2, 0) is 11.2 Å². The summed E-state index contributed by atoms with van der Waals surface area (Å²) in [5.41, 5.74) is 2.87.